The van der Waals surface area contributed by atoms with Crippen molar-refractivity contribution >= 4 is 23.1 Å². The topological polar surface area (TPSA) is 63.2 Å². The molecular weight excluding hydrogens is 378 g/mol. The number of amidine groups is 1. The van der Waals surface area contributed by atoms with E-state index in [-0.39, 0.29) is 5.91 Å². The third-order valence-corrected chi connectivity index (χ3v) is 4.96. The molecule has 0 radical (unpaired) electrons. The fourth-order valence-corrected chi connectivity index (χ4v) is 3.21. The maximum atomic E-state index is 12.7. The molecule has 1 aliphatic rings. The summed E-state index contributed by atoms with van der Waals surface area (Å²) in [6.07, 6.45) is 0. The number of carbonyl (C=O) groups is 1. The molecule has 0 bridgehead atoms. The molecule has 3 aromatic carbocycles. The lowest BCUT2D eigenvalue weighted by molar-refractivity contribution is 0.102. The van der Waals surface area contributed by atoms with E-state index < -0.39 is 0 Å². The van der Waals surface area contributed by atoms with Crippen LogP contribution >= 0.6 is 0 Å². The van der Waals surface area contributed by atoms with Gasteiger partial charge in [0.05, 0.1) is 12.7 Å². The van der Waals surface area contributed by atoms with E-state index in [9.17, 15) is 4.79 Å². The highest BCUT2D eigenvalue weighted by molar-refractivity contribution is 6.07. The summed E-state index contributed by atoms with van der Waals surface area (Å²) in [4.78, 5) is 19.6. The van der Waals surface area contributed by atoms with Crippen LogP contribution in [0.4, 0.5) is 11.4 Å². The number of carbonyl (C=O) groups excluding carboxylic acids is 1. The third-order valence-electron chi connectivity index (χ3n) is 4.96. The van der Waals surface area contributed by atoms with E-state index in [2.05, 4.69) is 17.1 Å². The lowest BCUT2D eigenvalue weighted by atomic mass is 10.1. The molecule has 4 rings (SSSR count). The van der Waals surface area contributed by atoms with Crippen molar-refractivity contribution in [1.82, 2.24) is 4.90 Å². The number of anilines is 1. The standard InChI is InChI=1S/C24H23N3O3/c1-4-27(2)23-19-15-17(25-24(28)16-8-7-9-18(14-16)29-3)12-13-21(19)30-22-11-6-5-10-20(22)26-23/h5-15H,4H2,1-3H3,(H,25,28). The number of aliphatic imine (C=N–C) groups is 1. The number of amides is 1. The molecule has 0 saturated heterocycles. The van der Waals surface area contributed by atoms with Gasteiger partial charge in [-0.05, 0) is 55.5 Å². The van der Waals surface area contributed by atoms with Gasteiger partial charge in [-0.2, -0.15) is 0 Å². The molecular formula is C24H23N3O3. The van der Waals surface area contributed by atoms with Crippen LogP contribution in [0.1, 0.15) is 22.8 Å². The summed E-state index contributed by atoms with van der Waals surface area (Å²) in [5, 5.41) is 2.96. The molecule has 0 fully saturated rings. The molecule has 6 nitrogen and oxygen atoms in total. The molecule has 1 amide bonds. The Morgan fingerprint density at radius 1 is 1.07 bits per heavy atom. The van der Waals surface area contributed by atoms with Gasteiger partial charge >= 0.3 is 0 Å². The second kappa shape index (κ2) is 8.29. The van der Waals surface area contributed by atoms with E-state index in [1.165, 1.54) is 0 Å². The van der Waals surface area contributed by atoms with Crippen LogP contribution in [0.15, 0.2) is 71.7 Å². The van der Waals surface area contributed by atoms with Crippen LogP contribution in [-0.2, 0) is 0 Å². The van der Waals surface area contributed by atoms with Gasteiger partial charge in [-0.3, -0.25) is 4.79 Å². The minimum atomic E-state index is -0.214. The smallest absolute Gasteiger partial charge is 0.255 e. The summed E-state index contributed by atoms with van der Waals surface area (Å²) >= 11 is 0. The number of hydrogen-bond donors (Lipinski definition) is 1. The highest BCUT2D eigenvalue weighted by Crippen LogP contribution is 2.38. The molecule has 0 atom stereocenters. The summed E-state index contributed by atoms with van der Waals surface area (Å²) in [5.41, 5.74) is 2.77. The minimum absolute atomic E-state index is 0.214. The molecule has 0 unspecified atom stereocenters. The summed E-state index contributed by atoms with van der Waals surface area (Å²) in [7, 11) is 3.56. The number of nitrogens with zero attached hydrogens (tertiary/aromatic N) is 2. The van der Waals surface area contributed by atoms with E-state index in [0.29, 0.717) is 28.5 Å². The van der Waals surface area contributed by atoms with E-state index in [0.717, 1.165) is 23.6 Å². The zero-order valence-electron chi connectivity index (χ0n) is 17.2. The number of benzene rings is 3. The fourth-order valence-electron chi connectivity index (χ4n) is 3.21. The molecule has 1 aliphatic heterocycles. The first-order valence-electron chi connectivity index (χ1n) is 9.75. The van der Waals surface area contributed by atoms with Gasteiger partial charge in [-0.1, -0.05) is 18.2 Å². The van der Waals surface area contributed by atoms with Crippen molar-refractivity contribution in [2.45, 2.75) is 6.92 Å². The molecule has 30 heavy (non-hydrogen) atoms. The summed E-state index contributed by atoms with van der Waals surface area (Å²) < 4.78 is 11.3. The lowest BCUT2D eigenvalue weighted by Gasteiger charge is -2.20. The predicted octanol–water partition coefficient (Wildman–Crippen LogP) is 5.08. The molecule has 1 heterocycles. The summed E-state index contributed by atoms with van der Waals surface area (Å²) in [6.45, 7) is 2.84. The van der Waals surface area contributed by atoms with Crippen LogP contribution in [0.5, 0.6) is 17.2 Å². The van der Waals surface area contributed by atoms with E-state index in [1.807, 2.05) is 49.5 Å². The van der Waals surface area contributed by atoms with Gasteiger partial charge in [0, 0.05) is 24.8 Å². The Hall–Kier alpha value is -3.80. The summed E-state index contributed by atoms with van der Waals surface area (Å²) in [6, 6.07) is 20.3. The number of methoxy groups -OCH3 is 1. The second-order valence-corrected chi connectivity index (χ2v) is 6.92. The van der Waals surface area contributed by atoms with Crippen LogP contribution in [0.2, 0.25) is 0 Å². The third kappa shape index (κ3) is 3.85. The zero-order valence-corrected chi connectivity index (χ0v) is 17.2. The maximum Gasteiger partial charge on any atom is 0.255 e. The Morgan fingerprint density at radius 3 is 2.70 bits per heavy atom. The molecule has 0 saturated carbocycles. The number of ether oxygens (including phenoxy) is 2. The Bertz CT molecular complexity index is 1120. The van der Waals surface area contributed by atoms with Crippen LogP contribution in [0.3, 0.4) is 0 Å². The van der Waals surface area contributed by atoms with Gasteiger partial charge in [0.15, 0.2) is 5.75 Å². The zero-order chi connectivity index (χ0) is 21.1. The van der Waals surface area contributed by atoms with Crippen LogP contribution in [0, 0.1) is 0 Å². The van der Waals surface area contributed by atoms with Crippen molar-refractivity contribution in [2.75, 3.05) is 26.0 Å². The van der Waals surface area contributed by atoms with Crippen molar-refractivity contribution in [3.05, 3.63) is 77.9 Å². The SMILES string of the molecule is CCN(C)C1=Nc2ccccc2Oc2ccc(NC(=O)c3cccc(OC)c3)cc21. The average molecular weight is 401 g/mol. The molecule has 0 aromatic heterocycles. The molecule has 0 aliphatic carbocycles. The summed E-state index contributed by atoms with van der Waals surface area (Å²) in [5.74, 6) is 2.60. The van der Waals surface area contributed by atoms with Crippen LogP contribution in [0.25, 0.3) is 0 Å². The predicted molar refractivity (Wildman–Crippen MR) is 118 cm³/mol. The Morgan fingerprint density at radius 2 is 1.90 bits per heavy atom. The van der Waals surface area contributed by atoms with E-state index in [1.54, 1.807) is 31.4 Å². The van der Waals surface area contributed by atoms with Gasteiger partial charge in [-0.15, -0.1) is 0 Å². The molecule has 1 N–H and O–H groups in total. The van der Waals surface area contributed by atoms with Crippen molar-refractivity contribution in [1.29, 1.82) is 0 Å². The fraction of sp³-hybridized carbons (Fsp3) is 0.167. The molecule has 3 aromatic rings. The van der Waals surface area contributed by atoms with Gasteiger partial charge in [0.25, 0.3) is 5.91 Å². The van der Waals surface area contributed by atoms with E-state index in [4.69, 9.17) is 14.5 Å². The first kappa shape index (κ1) is 19.5. The van der Waals surface area contributed by atoms with Gasteiger partial charge in [0.1, 0.15) is 23.0 Å². The Labute approximate surface area is 175 Å². The highest BCUT2D eigenvalue weighted by Gasteiger charge is 2.21. The first-order chi connectivity index (χ1) is 14.6. The first-order valence-corrected chi connectivity index (χ1v) is 9.75. The molecule has 0 spiro atoms. The van der Waals surface area contributed by atoms with Crippen molar-refractivity contribution in [2.24, 2.45) is 4.99 Å². The maximum absolute atomic E-state index is 12.7. The van der Waals surface area contributed by atoms with Crippen LogP contribution in [-0.4, -0.2) is 37.3 Å². The number of nitrogens with one attached hydrogen (secondary N) is 1. The van der Waals surface area contributed by atoms with Crippen molar-refractivity contribution < 1.29 is 14.3 Å². The lowest BCUT2D eigenvalue weighted by Crippen LogP contribution is -2.27. The van der Waals surface area contributed by atoms with Gasteiger partial charge in [-0.25, -0.2) is 4.99 Å². The normalized spacial score (nSPS) is 11.9. The second-order valence-electron chi connectivity index (χ2n) is 6.92. The van der Waals surface area contributed by atoms with Gasteiger partial charge in [0.2, 0.25) is 0 Å². The Balaban J connectivity index is 1.70. The van der Waals surface area contributed by atoms with Crippen molar-refractivity contribution in [3.63, 3.8) is 0 Å². The molecule has 152 valence electrons. The van der Waals surface area contributed by atoms with Gasteiger partial charge < -0.3 is 19.7 Å². The number of para-hydroxylation sites is 2. The molecule has 6 heteroatoms. The highest BCUT2D eigenvalue weighted by atomic mass is 16.5. The van der Waals surface area contributed by atoms with Crippen molar-refractivity contribution in [3.8, 4) is 17.2 Å². The van der Waals surface area contributed by atoms with Crippen LogP contribution < -0.4 is 14.8 Å². The number of hydrogen-bond acceptors (Lipinski definition) is 5. The quantitative estimate of drug-likeness (QED) is 0.662. The average Bonchev–Trinajstić information content (AvgIpc) is 2.95. The van der Waals surface area contributed by atoms with E-state index >= 15 is 0 Å². The Kier molecular flexibility index (Phi) is 5.39. The monoisotopic (exact) mass is 401 g/mol. The number of fused-ring (bicyclic) bond motifs is 2. The minimum Gasteiger partial charge on any atom is -0.497 e. The largest absolute Gasteiger partial charge is 0.497 e. The number of rotatable bonds is 4.